The van der Waals surface area contributed by atoms with Crippen LogP contribution in [-0.2, 0) is 32.5 Å². The van der Waals surface area contributed by atoms with Crippen LogP contribution < -0.4 is 4.74 Å². The van der Waals surface area contributed by atoms with Crippen molar-refractivity contribution in [3.8, 4) is 28.0 Å². The molecule has 1 nitrogen and oxygen atoms in total. The zero-order valence-corrected chi connectivity index (χ0v) is 44.8. The molecule has 2 atom stereocenters. The highest BCUT2D eigenvalue weighted by Crippen LogP contribution is 2.58. The predicted octanol–water partition coefficient (Wildman–Crippen LogP) is 17.6. The fraction of sp³-hybridized carbons (Fsp3) is 0.533. The zero-order chi connectivity index (χ0) is 46.8. The van der Waals surface area contributed by atoms with Crippen molar-refractivity contribution in [2.75, 3.05) is 7.11 Å². The van der Waals surface area contributed by atoms with Gasteiger partial charge in [0.1, 0.15) is 5.75 Å². The van der Waals surface area contributed by atoms with Gasteiger partial charge in [0.15, 0.2) is 0 Å². The maximum Gasteiger partial charge on any atom is 0.131 e. The van der Waals surface area contributed by atoms with Crippen molar-refractivity contribution in [1.82, 2.24) is 0 Å². The Balaban J connectivity index is 1.66. The molecular weight excluding hydrogens is 765 g/mol. The number of benzene rings is 4. The van der Waals surface area contributed by atoms with E-state index >= 15 is 0 Å². The molecular formula is C60H84OSi. The van der Waals surface area contributed by atoms with Crippen molar-refractivity contribution >= 4 is 20.2 Å². The van der Waals surface area contributed by atoms with Crippen LogP contribution in [-0.4, -0.2) is 15.2 Å². The van der Waals surface area contributed by atoms with E-state index in [1.165, 1.54) is 89.0 Å². The Hall–Kier alpha value is -3.62. The predicted molar refractivity (Wildman–Crippen MR) is 278 cm³/mol. The van der Waals surface area contributed by atoms with Gasteiger partial charge in [0, 0.05) is 22.2 Å². The second-order valence-electron chi connectivity index (χ2n) is 26.3. The lowest BCUT2D eigenvalue weighted by Crippen LogP contribution is -2.42. The lowest BCUT2D eigenvalue weighted by atomic mass is 9.75. The van der Waals surface area contributed by atoms with E-state index in [1.807, 2.05) is 7.11 Å². The number of methoxy groups -OCH3 is 1. The van der Waals surface area contributed by atoms with Crippen LogP contribution in [0.25, 0.3) is 34.4 Å². The van der Waals surface area contributed by atoms with Gasteiger partial charge in [-0.3, -0.25) is 0 Å². The third-order valence-corrected chi connectivity index (χ3v) is 19.0. The molecule has 0 saturated heterocycles. The van der Waals surface area contributed by atoms with Crippen LogP contribution in [0.5, 0.6) is 5.75 Å². The number of fused-ring (bicyclic) bond motifs is 2. The first kappa shape index (κ1) is 47.8. The Labute approximate surface area is 381 Å². The fourth-order valence-electron chi connectivity index (χ4n) is 11.0. The lowest BCUT2D eigenvalue weighted by molar-refractivity contribution is 0.399. The summed E-state index contributed by atoms with van der Waals surface area (Å²) in [6.07, 6.45) is 5.16. The quantitative estimate of drug-likeness (QED) is 0.182. The third kappa shape index (κ3) is 8.53. The maximum absolute atomic E-state index is 6.60. The highest BCUT2D eigenvalue weighted by atomic mass is 28.3. The molecule has 4 aromatic carbocycles. The Morgan fingerprint density at radius 1 is 0.419 bits per heavy atom. The first-order valence-electron chi connectivity index (χ1n) is 23.6. The molecule has 0 N–H and O–H groups in total. The van der Waals surface area contributed by atoms with E-state index in [9.17, 15) is 0 Å². The molecule has 2 heteroatoms. The maximum atomic E-state index is 6.60. The molecule has 62 heavy (non-hydrogen) atoms. The van der Waals surface area contributed by atoms with E-state index in [2.05, 4.69) is 219 Å². The minimum absolute atomic E-state index is 0.00245. The summed E-state index contributed by atoms with van der Waals surface area (Å²) in [5.74, 6) is 1.02. The fourth-order valence-corrected chi connectivity index (χ4v) is 16.0. The largest absolute Gasteiger partial charge is 0.496 e. The van der Waals surface area contributed by atoms with E-state index in [4.69, 9.17) is 4.74 Å². The minimum atomic E-state index is -2.26. The van der Waals surface area contributed by atoms with Gasteiger partial charge in [0.05, 0.1) is 15.2 Å². The second kappa shape index (κ2) is 15.2. The van der Waals surface area contributed by atoms with Crippen molar-refractivity contribution in [3.63, 3.8) is 0 Å². The number of rotatable bonds is 5. The second-order valence-corrected chi connectivity index (χ2v) is 31.1. The molecule has 0 saturated carbocycles. The molecule has 6 rings (SSSR count). The topological polar surface area (TPSA) is 9.23 Å². The minimum Gasteiger partial charge on any atom is -0.496 e. The summed E-state index contributed by atoms with van der Waals surface area (Å²) in [6.45, 7) is 55.2. The van der Waals surface area contributed by atoms with Gasteiger partial charge >= 0.3 is 0 Å². The molecule has 2 aliphatic carbocycles. The summed E-state index contributed by atoms with van der Waals surface area (Å²) in [5.41, 5.74) is 24.6. The van der Waals surface area contributed by atoms with Gasteiger partial charge in [0.2, 0.25) is 0 Å². The lowest BCUT2D eigenvalue weighted by Gasteiger charge is -2.40. The van der Waals surface area contributed by atoms with Gasteiger partial charge in [-0.1, -0.05) is 210 Å². The average molecular weight is 849 g/mol. The summed E-state index contributed by atoms with van der Waals surface area (Å²) in [7, 11) is -0.376. The van der Waals surface area contributed by atoms with Crippen molar-refractivity contribution in [2.45, 2.75) is 202 Å². The van der Waals surface area contributed by atoms with Gasteiger partial charge < -0.3 is 4.74 Å². The highest BCUT2D eigenvalue weighted by Gasteiger charge is 2.49. The summed E-state index contributed by atoms with van der Waals surface area (Å²) in [4.78, 5) is 0. The molecule has 334 valence electrons. The van der Waals surface area contributed by atoms with Crippen LogP contribution in [0.4, 0.5) is 0 Å². The molecule has 0 aliphatic heterocycles. The number of hydrogen-bond donors (Lipinski definition) is 0. The molecule has 2 aliphatic rings. The molecule has 0 heterocycles. The molecule has 2 unspecified atom stereocenters. The molecule has 0 spiro atoms. The van der Waals surface area contributed by atoms with Gasteiger partial charge in [0.25, 0.3) is 0 Å². The van der Waals surface area contributed by atoms with E-state index in [0.717, 1.165) is 5.75 Å². The highest BCUT2D eigenvalue weighted by molar-refractivity contribution is 6.81. The van der Waals surface area contributed by atoms with E-state index < -0.39 is 8.07 Å². The summed E-state index contributed by atoms with van der Waals surface area (Å²) >= 11 is 0. The van der Waals surface area contributed by atoms with E-state index in [0.29, 0.717) is 11.1 Å². The number of hydrogen-bond acceptors (Lipinski definition) is 1. The van der Waals surface area contributed by atoms with E-state index in [1.54, 1.807) is 5.56 Å². The van der Waals surface area contributed by atoms with Crippen molar-refractivity contribution in [2.24, 2.45) is 0 Å². The van der Waals surface area contributed by atoms with Crippen molar-refractivity contribution in [3.05, 3.63) is 121 Å². The third-order valence-electron chi connectivity index (χ3n) is 14.5. The molecule has 0 amide bonds. The average Bonchev–Trinajstić information content (AvgIpc) is 3.63. The van der Waals surface area contributed by atoms with Gasteiger partial charge in [-0.2, -0.15) is 0 Å². The van der Waals surface area contributed by atoms with Crippen molar-refractivity contribution < 1.29 is 4.74 Å². The first-order valence-corrected chi connectivity index (χ1v) is 26.8. The molecule has 0 fully saturated rings. The van der Waals surface area contributed by atoms with Crippen LogP contribution in [0.2, 0.25) is 13.1 Å². The standard InChI is InChI=1S/C60H84OSi/c1-35-25-44-46(33-48(59(16,17)18)37(3)50(44)38-27-40(55(4,5)6)31-41(28-38)56(7,8)9)53(35)62(23,24)54-36(2)26-45-47(54)34-49(60(19,20)21)52(61-22)51(45)39-29-42(57(10,11)12)32-43(30-39)58(13,14)15/h25-34,53-54H,1-24H3. The zero-order valence-electron chi connectivity index (χ0n) is 43.8. The smallest absolute Gasteiger partial charge is 0.131 e. The Morgan fingerprint density at radius 2 is 0.742 bits per heavy atom. The molecule has 0 radical (unpaired) electrons. The van der Waals surface area contributed by atoms with Crippen LogP contribution in [0.1, 0.15) is 211 Å². The normalized spacial score (nSPS) is 17.5. The van der Waals surface area contributed by atoms with Crippen LogP contribution >= 0.6 is 0 Å². The first-order chi connectivity index (χ1) is 28.0. The summed E-state index contributed by atoms with van der Waals surface area (Å²) in [5, 5.41) is 0. The molecule has 4 aromatic rings. The van der Waals surface area contributed by atoms with E-state index in [-0.39, 0.29) is 32.5 Å². The van der Waals surface area contributed by atoms with Gasteiger partial charge in [-0.15, -0.1) is 0 Å². The Kier molecular flexibility index (Phi) is 11.8. The number of allylic oxidation sites excluding steroid dienone is 2. The van der Waals surface area contributed by atoms with Crippen LogP contribution in [0.15, 0.2) is 59.7 Å². The molecule has 0 aromatic heterocycles. The van der Waals surface area contributed by atoms with Crippen LogP contribution in [0.3, 0.4) is 0 Å². The van der Waals surface area contributed by atoms with Crippen molar-refractivity contribution in [1.29, 1.82) is 0 Å². The van der Waals surface area contributed by atoms with Gasteiger partial charge in [-0.05, 0) is 126 Å². The summed E-state index contributed by atoms with van der Waals surface area (Å²) in [6, 6.07) is 20.1. The monoisotopic (exact) mass is 849 g/mol. The van der Waals surface area contributed by atoms with Crippen LogP contribution in [0, 0.1) is 6.92 Å². The SMILES string of the molecule is COc1c(C(C)(C)C)cc2c(c1-c1cc(C(C)(C)C)cc(C(C)(C)C)c1)C=C(C)C2[Si](C)(C)C1C(C)=Cc2c1cc(C(C)(C)C)c(C)c2-c1cc(C(C)(C)C)cc(C(C)(C)C)c1. The Bertz CT molecular complexity index is 2420. The van der Waals surface area contributed by atoms with Gasteiger partial charge in [-0.25, -0.2) is 0 Å². The molecule has 0 bridgehead atoms. The number of ether oxygens (including phenoxy) is 1. The summed E-state index contributed by atoms with van der Waals surface area (Å²) < 4.78 is 6.60. The Morgan fingerprint density at radius 3 is 1.06 bits per heavy atom.